The van der Waals surface area contributed by atoms with Crippen LogP contribution in [0.15, 0.2) is 45.9 Å². The maximum absolute atomic E-state index is 11.5. The smallest absolute Gasteiger partial charge is 0.259 e. The van der Waals surface area contributed by atoms with Crippen molar-refractivity contribution in [2.75, 3.05) is 11.9 Å². The minimum Gasteiger partial charge on any atom is -0.460 e. The number of aryl methyl sites for hydroxylation is 1. The molecule has 0 fully saturated rings. The van der Waals surface area contributed by atoms with Crippen molar-refractivity contribution in [3.05, 3.63) is 52.9 Å². The Morgan fingerprint density at radius 2 is 2.25 bits per heavy atom. The number of hydrogen-bond acceptors (Lipinski definition) is 4. The summed E-state index contributed by atoms with van der Waals surface area (Å²) in [4.78, 5) is 11.5. The number of furan rings is 1. The molecule has 0 radical (unpaired) electrons. The van der Waals surface area contributed by atoms with Crippen molar-refractivity contribution in [1.29, 1.82) is 0 Å². The lowest BCUT2D eigenvalue weighted by atomic mass is 10.3. The van der Waals surface area contributed by atoms with Crippen LogP contribution in [0.3, 0.4) is 0 Å². The summed E-state index contributed by atoms with van der Waals surface area (Å²) in [5.74, 6) is 1.12. The number of carbonyl (C=O) groups is 1. The van der Waals surface area contributed by atoms with Crippen LogP contribution in [0.2, 0.25) is 5.02 Å². The zero-order valence-electron chi connectivity index (χ0n) is 10.9. The van der Waals surface area contributed by atoms with Gasteiger partial charge in [0.05, 0.1) is 12.8 Å². The molecule has 1 heterocycles. The first kappa shape index (κ1) is 14.1. The molecule has 0 atom stereocenters. The van der Waals surface area contributed by atoms with Crippen LogP contribution in [-0.4, -0.2) is 18.7 Å². The van der Waals surface area contributed by atoms with Crippen molar-refractivity contribution in [1.82, 2.24) is 5.43 Å². The van der Waals surface area contributed by atoms with Gasteiger partial charge in [0.15, 0.2) is 0 Å². The zero-order valence-corrected chi connectivity index (χ0v) is 11.6. The summed E-state index contributed by atoms with van der Waals surface area (Å²) in [5.41, 5.74) is 3.18. The monoisotopic (exact) mass is 291 g/mol. The number of amides is 1. The van der Waals surface area contributed by atoms with Crippen molar-refractivity contribution >= 4 is 29.4 Å². The SMILES string of the molecule is Cc1ccc(C=NNC(=O)CNc2cccc(Cl)c2)o1. The third kappa shape index (κ3) is 4.44. The van der Waals surface area contributed by atoms with Gasteiger partial charge in [-0.1, -0.05) is 17.7 Å². The average molecular weight is 292 g/mol. The predicted molar refractivity (Wildman–Crippen MR) is 79.1 cm³/mol. The second kappa shape index (κ2) is 6.77. The second-order valence-corrected chi connectivity index (χ2v) is 4.54. The molecule has 2 aromatic rings. The minimum atomic E-state index is -0.260. The summed E-state index contributed by atoms with van der Waals surface area (Å²) in [6, 6.07) is 10.7. The molecule has 0 aliphatic rings. The molecule has 0 saturated heterocycles. The third-order valence-electron chi connectivity index (χ3n) is 2.42. The Bertz CT molecular complexity index is 622. The fourth-order valence-corrected chi connectivity index (χ4v) is 1.70. The van der Waals surface area contributed by atoms with Crippen molar-refractivity contribution in [3.8, 4) is 0 Å². The number of anilines is 1. The number of rotatable bonds is 5. The molecule has 2 N–H and O–H groups in total. The van der Waals surface area contributed by atoms with E-state index in [1.54, 1.807) is 24.3 Å². The van der Waals surface area contributed by atoms with Gasteiger partial charge in [0, 0.05) is 10.7 Å². The lowest BCUT2D eigenvalue weighted by Gasteiger charge is -2.05. The van der Waals surface area contributed by atoms with Gasteiger partial charge in [-0.2, -0.15) is 5.10 Å². The van der Waals surface area contributed by atoms with Crippen LogP contribution in [0.25, 0.3) is 0 Å². The van der Waals surface area contributed by atoms with Gasteiger partial charge in [-0.25, -0.2) is 5.43 Å². The van der Waals surface area contributed by atoms with E-state index in [1.807, 2.05) is 19.1 Å². The Labute approximate surface area is 121 Å². The number of nitrogens with zero attached hydrogens (tertiary/aromatic N) is 1. The lowest BCUT2D eigenvalue weighted by Crippen LogP contribution is -2.25. The summed E-state index contributed by atoms with van der Waals surface area (Å²) < 4.78 is 5.28. The Hall–Kier alpha value is -2.27. The second-order valence-electron chi connectivity index (χ2n) is 4.11. The van der Waals surface area contributed by atoms with E-state index < -0.39 is 0 Å². The number of hydrazone groups is 1. The van der Waals surface area contributed by atoms with Gasteiger partial charge in [0.1, 0.15) is 11.5 Å². The van der Waals surface area contributed by atoms with Gasteiger partial charge in [0.25, 0.3) is 5.91 Å². The largest absolute Gasteiger partial charge is 0.460 e. The lowest BCUT2D eigenvalue weighted by molar-refractivity contribution is -0.119. The van der Waals surface area contributed by atoms with Crippen LogP contribution in [-0.2, 0) is 4.79 Å². The first-order valence-electron chi connectivity index (χ1n) is 6.01. The van der Waals surface area contributed by atoms with E-state index >= 15 is 0 Å². The normalized spacial score (nSPS) is 10.7. The minimum absolute atomic E-state index is 0.106. The number of carbonyl (C=O) groups excluding carboxylic acids is 1. The predicted octanol–water partition coefficient (Wildman–Crippen LogP) is 2.80. The molecular formula is C14H14ClN3O2. The van der Waals surface area contributed by atoms with E-state index in [0.717, 1.165) is 11.4 Å². The molecule has 0 saturated carbocycles. The highest BCUT2D eigenvalue weighted by atomic mass is 35.5. The summed E-state index contributed by atoms with van der Waals surface area (Å²) in [7, 11) is 0. The molecule has 1 amide bonds. The molecule has 1 aromatic carbocycles. The fraction of sp³-hybridized carbons (Fsp3) is 0.143. The van der Waals surface area contributed by atoms with Gasteiger partial charge in [0.2, 0.25) is 0 Å². The number of nitrogens with one attached hydrogen (secondary N) is 2. The van der Waals surface area contributed by atoms with Crippen LogP contribution < -0.4 is 10.7 Å². The topological polar surface area (TPSA) is 66.6 Å². The molecule has 2 rings (SSSR count). The zero-order chi connectivity index (χ0) is 14.4. The Morgan fingerprint density at radius 1 is 1.40 bits per heavy atom. The van der Waals surface area contributed by atoms with Gasteiger partial charge >= 0.3 is 0 Å². The van der Waals surface area contributed by atoms with Crippen LogP contribution in [0.5, 0.6) is 0 Å². The molecule has 0 unspecified atom stereocenters. The first-order chi connectivity index (χ1) is 9.63. The summed E-state index contributed by atoms with van der Waals surface area (Å²) >= 11 is 5.84. The van der Waals surface area contributed by atoms with Crippen LogP contribution in [0.4, 0.5) is 5.69 Å². The van der Waals surface area contributed by atoms with Crippen LogP contribution >= 0.6 is 11.6 Å². The van der Waals surface area contributed by atoms with Crippen molar-refractivity contribution in [2.45, 2.75) is 6.92 Å². The summed E-state index contributed by atoms with van der Waals surface area (Å²) in [5, 5.41) is 7.36. The molecule has 0 aliphatic heterocycles. The van der Waals surface area contributed by atoms with Crippen LogP contribution in [0.1, 0.15) is 11.5 Å². The highest BCUT2D eigenvalue weighted by molar-refractivity contribution is 6.30. The Kier molecular flexibility index (Phi) is 4.79. The van der Waals surface area contributed by atoms with E-state index in [4.69, 9.17) is 16.0 Å². The standard InChI is InChI=1S/C14H14ClN3O2/c1-10-5-6-13(20-10)8-17-18-14(19)9-16-12-4-2-3-11(15)7-12/h2-8,16H,9H2,1H3,(H,18,19). The molecule has 6 heteroatoms. The quantitative estimate of drug-likeness (QED) is 0.657. The van der Waals surface area contributed by atoms with Crippen LogP contribution in [0, 0.1) is 6.92 Å². The summed E-state index contributed by atoms with van der Waals surface area (Å²) in [6.07, 6.45) is 1.45. The maximum atomic E-state index is 11.5. The average Bonchev–Trinajstić information content (AvgIpc) is 2.82. The highest BCUT2D eigenvalue weighted by Gasteiger charge is 2.00. The molecule has 0 bridgehead atoms. The molecule has 0 aliphatic carbocycles. The van der Waals surface area contributed by atoms with Crippen molar-refractivity contribution in [3.63, 3.8) is 0 Å². The van der Waals surface area contributed by atoms with E-state index in [2.05, 4.69) is 15.8 Å². The van der Waals surface area contributed by atoms with E-state index in [0.29, 0.717) is 10.8 Å². The van der Waals surface area contributed by atoms with Crippen molar-refractivity contribution < 1.29 is 9.21 Å². The molecule has 5 nitrogen and oxygen atoms in total. The fourth-order valence-electron chi connectivity index (χ4n) is 1.51. The van der Waals surface area contributed by atoms with Gasteiger partial charge < -0.3 is 9.73 Å². The molecule has 104 valence electrons. The van der Waals surface area contributed by atoms with E-state index in [9.17, 15) is 4.79 Å². The van der Waals surface area contributed by atoms with Gasteiger partial charge in [-0.05, 0) is 37.3 Å². The number of hydrogen-bond donors (Lipinski definition) is 2. The molecule has 20 heavy (non-hydrogen) atoms. The first-order valence-corrected chi connectivity index (χ1v) is 6.39. The Balaban J connectivity index is 1.77. The van der Waals surface area contributed by atoms with Crippen molar-refractivity contribution in [2.24, 2.45) is 5.10 Å². The van der Waals surface area contributed by atoms with Gasteiger partial charge in [-0.3, -0.25) is 4.79 Å². The Morgan fingerprint density at radius 3 is 2.95 bits per heavy atom. The van der Waals surface area contributed by atoms with Gasteiger partial charge in [-0.15, -0.1) is 0 Å². The maximum Gasteiger partial charge on any atom is 0.259 e. The molecular weight excluding hydrogens is 278 g/mol. The third-order valence-corrected chi connectivity index (χ3v) is 2.65. The summed E-state index contributed by atoms with van der Waals surface area (Å²) in [6.45, 7) is 1.94. The number of halogens is 1. The molecule has 1 aromatic heterocycles. The highest BCUT2D eigenvalue weighted by Crippen LogP contribution is 2.14. The number of benzene rings is 1. The molecule has 0 spiro atoms. The van der Waals surface area contributed by atoms with E-state index in [1.165, 1.54) is 6.21 Å². The van der Waals surface area contributed by atoms with E-state index in [-0.39, 0.29) is 12.5 Å².